The standard InChI is InChI=1S/C21H16BrCl2N5O2/c22-15-2-4-16(5-3-15)31-13-29-9-7-19(26-29)21(30)25-20-8-10-28(27-20)12-14-1-6-17(23)18(24)11-14/h1-11H,12-13H2,(H,25,27,30). The molecule has 4 aromatic rings. The minimum absolute atomic E-state index is 0.188. The molecule has 0 aliphatic rings. The Kier molecular flexibility index (Phi) is 6.60. The molecule has 0 bridgehead atoms. The van der Waals surface area contributed by atoms with Gasteiger partial charge >= 0.3 is 0 Å². The second kappa shape index (κ2) is 9.55. The lowest BCUT2D eigenvalue weighted by Crippen LogP contribution is -2.15. The average Bonchev–Trinajstić information content (AvgIpc) is 3.40. The van der Waals surface area contributed by atoms with Crippen molar-refractivity contribution in [3.63, 3.8) is 0 Å². The number of aromatic nitrogens is 4. The van der Waals surface area contributed by atoms with Crippen LogP contribution < -0.4 is 10.1 Å². The zero-order chi connectivity index (χ0) is 21.8. The lowest BCUT2D eigenvalue weighted by Gasteiger charge is -2.06. The molecule has 0 saturated carbocycles. The molecule has 0 atom stereocenters. The van der Waals surface area contributed by atoms with E-state index in [4.69, 9.17) is 27.9 Å². The molecule has 0 aliphatic heterocycles. The van der Waals surface area contributed by atoms with Crippen molar-refractivity contribution in [2.45, 2.75) is 13.3 Å². The second-order valence-electron chi connectivity index (χ2n) is 6.57. The molecule has 0 fully saturated rings. The van der Waals surface area contributed by atoms with E-state index >= 15 is 0 Å². The number of nitrogens with one attached hydrogen (secondary N) is 1. The van der Waals surface area contributed by atoms with Gasteiger partial charge in [0.2, 0.25) is 0 Å². The van der Waals surface area contributed by atoms with Gasteiger partial charge in [0.1, 0.15) is 5.75 Å². The van der Waals surface area contributed by atoms with Gasteiger partial charge in [-0.05, 0) is 48.0 Å². The fourth-order valence-electron chi connectivity index (χ4n) is 2.75. The van der Waals surface area contributed by atoms with Crippen LogP contribution in [-0.4, -0.2) is 25.5 Å². The Bertz CT molecular complexity index is 1210. The van der Waals surface area contributed by atoms with Gasteiger partial charge in [0.15, 0.2) is 18.2 Å². The molecule has 1 amide bonds. The van der Waals surface area contributed by atoms with Gasteiger partial charge in [-0.1, -0.05) is 45.2 Å². The Labute approximate surface area is 196 Å². The van der Waals surface area contributed by atoms with Crippen LogP contribution in [0.5, 0.6) is 5.75 Å². The first kappa shape index (κ1) is 21.4. The molecule has 158 valence electrons. The number of amides is 1. The van der Waals surface area contributed by atoms with Crippen molar-refractivity contribution in [1.82, 2.24) is 19.6 Å². The SMILES string of the molecule is O=C(Nc1ccn(Cc2ccc(Cl)c(Cl)c2)n1)c1ccn(COc2ccc(Br)cc2)n1. The molecule has 0 saturated heterocycles. The van der Waals surface area contributed by atoms with Gasteiger partial charge < -0.3 is 10.1 Å². The van der Waals surface area contributed by atoms with Gasteiger partial charge in [0.25, 0.3) is 5.91 Å². The Balaban J connectivity index is 1.33. The number of benzene rings is 2. The third kappa shape index (κ3) is 5.66. The molecule has 1 N–H and O–H groups in total. The van der Waals surface area contributed by atoms with Crippen LogP contribution in [0.4, 0.5) is 5.82 Å². The maximum absolute atomic E-state index is 12.5. The zero-order valence-electron chi connectivity index (χ0n) is 16.0. The molecule has 7 nitrogen and oxygen atoms in total. The Morgan fingerprint density at radius 3 is 2.52 bits per heavy atom. The number of hydrogen-bond donors (Lipinski definition) is 1. The third-order valence-corrected chi connectivity index (χ3v) is 5.53. The number of carbonyl (C=O) groups excluding carboxylic acids is 1. The predicted octanol–water partition coefficient (Wildman–Crippen LogP) is 5.49. The number of nitrogens with zero attached hydrogens (tertiary/aromatic N) is 4. The molecule has 0 aliphatic carbocycles. The molecule has 0 radical (unpaired) electrons. The predicted molar refractivity (Wildman–Crippen MR) is 123 cm³/mol. The summed E-state index contributed by atoms with van der Waals surface area (Å²) in [6.07, 6.45) is 3.44. The highest BCUT2D eigenvalue weighted by molar-refractivity contribution is 9.10. The first-order chi connectivity index (χ1) is 15.0. The van der Waals surface area contributed by atoms with E-state index < -0.39 is 0 Å². The van der Waals surface area contributed by atoms with E-state index in [1.165, 1.54) is 0 Å². The van der Waals surface area contributed by atoms with Crippen molar-refractivity contribution in [3.05, 3.63) is 92.8 Å². The number of halogens is 3. The van der Waals surface area contributed by atoms with Crippen molar-refractivity contribution in [2.24, 2.45) is 0 Å². The van der Waals surface area contributed by atoms with Crippen LogP contribution in [0.1, 0.15) is 16.1 Å². The van der Waals surface area contributed by atoms with E-state index in [1.54, 1.807) is 46.0 Å². The van der Waals surface area contributed by atoms with E-state index in [9.17, 15) is 4.79 Å². The maximum Gasteiger partial charge on any atom is 0.277 e. The van der Waals surface area contributed by atoms with Crippen molar-refractivity contribution >= 4 is 50.9 Å². The Hall–Kier alpha value is -2.81. The first-order valence-electron chi connectivity index (χ1n) is 9.17. The molecule has 0 unspecified atom stereocenters. The minimum Gasteiger partial charge on any atom is -0.471 e. The Morgan fingerprint density at radius 1 is 0.968 bits per heavy atom. The normalized spacial score (nSPS) is 10.8. The zero-order valence-corrected chi connectivity index (χ0v) is 19.1. The van der Waals surface area contributed by atoms with E-state index in [-0.39, 0.29) is 18.3 Å². The van der Waals surface area contributed by atoms with Crippen molar-refractivity contribution in [1.29, 1.82) is 0 Å². The number of carbonyl (C=O) groups is 1. The highest BCUT2D eigenvalue weighted by Crippen LogP contribution is 2.23. The minimum atomic E-state index is -0.359. The van der Waals surface area contributed by atoms with Crippen LogP contribution in [0.25, 0.3) is 0 Å². The summed E-state index contributed by atoms with van der Waals surface area (Å²) in [5.74, 6) is 0.769. The third-order valence-electron chi connectivity index (χ3n) is 4.26. The summed E-state index contributed by atoms with van der Waals surface area (Å²) in [7, 11) is 0. The largest absolute Gasteiger partial charge is 0.471 e. The van der Waals surface area contributed by atoms with Crippen LogP contribution in [-0.2, 0) is 13.3 Å². The molecule has 10 heteroatoms. The quantitative estimate of drug-likeness (QED) is 0.350. The van der Waals surface area contributed by atoms with Crippen LogP contribution in [0.3, 0.4) is 0 Å². The number of rotatable bonds is 7. The molecule has 4 rings (SSSR count). The molecular formula is C21H16BrCl2N5O2. The molecule has 31 heavy (non-hydrogen) atoms. The van der Waals surface area contributed by atoms with Crippen LogP contribution in [0.2, 0.25) is 10.0 Å². The molecular weight excluding hydrogens is 505 g/mol. The van der Waals surface area contributed by atoms with Crippen molar-refractivity contribution < 1.29 is 9.53 Å². The highest BCUT2D eigenvalue weighted by Gasteiger charge is 2.12. The fraction of sp³-hybridized carbons (Fsp3) is 0.0952. The summed E-state index contributed by atoms with van der Waals surface area (Å²) >= 11 is 15.4. The van der Waals surface area contributed by atoms with Gasteiger partial charge in [0.05, 0.1) is 16.6 Å². The summed E-state index contributed by atoms with van der Waals surface area (Å²) < 4.78 is 9.85. The van der Waals surface area contributed by atoms with Gasteiger partial charge in [-0.25, -0.2) is 4.68 Å². The number of ether oxygens (including phenoxy) is 1. The molecule has 2 aromatic carbocycles. The topological polar surface area (TPSA) is 74.0 Å². The smallest absolute Gasteiger partial charge is 0.277 e. The average molecular weight is 521 g/mol. The lowest BCUT2D eigenvalue weighted by molar-refractivity contribution is 0.101. The molecule has 2 aromatic heterocycles. The van der Waals surface area contributed by atoms with Crippen LogP contribution >= 0.6 is 39.1 Å². The van der Waals surface area contributed by atoms with E-state index in [0.29, 0.717) is 28.2 Å². The van der Waals surface area contributed by atoms with Gasteiger partial charge in [-0.2, -0.15) is 10.2 Å². The number of hydrogen-bond acceptors (Lipinski definition) is 4. The number of anilines is 1. The summed E-state index contributed by atoms with van der Waals surface area (Å²) in [6.45, 7) is 0.683. The molecule has 2 heterocycles. The second-order valence-corrected chi connectivity index (χ2v) is 8.30. The Morgan fingerprint density at radius 2 is 1.74 bits per heavy atom. The summed E-state index contributed by atoms with van der Waals surface area (Å²) in [5, 5.41) is 12.3. The van der Waals surface area contributed by atoms with Gasteiger partial charge in [-0.15, -0.1) is 0 Å². The summed E-state index contributed by atoms with van der Waals surface area (Å²) in [6, 6.07) is 16.2. The van der Waals surface area contributed by atoms with Crippen LogP contribution in [0.15, 0.2) is 71.5 Å². The van der Waals surface area contributed by atoms with Crippen molar-refractivity contribution in [2.75, 3.05) is 5.32 Å². The van der Waals surface area contributed by atoms with Gasteiger partial charge in [-0.3, -0.25) is 9.48 Å². The van der Waals surface area contributed by atoms with E-state index in [0.717, 1.165) is 10.0 Å². The first-order valence-corrected chi connectivity index (χ1v) is 10.7. The molecule has 0 spiro atoms. The summed E-state index contributed by atoms with van der Waals surface area (Å²) in [4.78, 5) is 12.5. The fourth-order valence-corrected chi connectivity index (χ4v) is 3.33. The maximum atomic E-state index is 12.5. The van der Waals surface area contributed by atoms with E-state index in [2.05, 4.69) is 31.4 Å². The van der Waals surface area contributed by atoms with Crippen molar-refractivity contribution in [3.8, 4) is 5.75 Å². The van der Waals surface area contributed by atoms with Gasteiger partial charge in [0, 0.05) is 22.9 Å². The highest BCUT2D eigenvalue weighted by atomic mass is 79.9. The summed E-state index contributed by atoms with van der Waals surface area (Å²) in [5.41, 5.74) is 1.21. The van der Waals surface area contributed by atoms with Crippen LogP contribution in [0, 0.1) is 0 Å². The lowest BCUT2D eigenvalue weighted by atomic mass is 10.2. The van der Waals surface area contributed by atoms with E-state index in [1.807, 2.05) is 30.3 Å². The monoisotopic (exact) mass is 519 g/mol.